The third kappa shape index (κ3) is 41.6. The van der Waals surface area contributed by atoms with E-state index in [-0.39, 0.29) is 31.1 Å². The summed E-state index contributed by atoms with van der Waals surface area (Å²) < 4.78 is 16.6. The van der Waals surface area contributed by atoms with Gasteiger partial charge in [0.2, 0.25) is 0 Å². The maximum atomic E-state index is 12.7. The highest BCUT2D eigenvalue weighted by atomic mass is 16.6. The molecule has 0 fully saturated rings. The van der Waals surface area contributed by atoms with Crippen molar-refractivity contribution in [1.29, 1.82) is 0 Å². The maximum Gasteiger partial charge on any atom is 0.306 e. The summed E-state index contributed by atoms with van der Waals surface area (Å²) >= 11 is 0. The van der Waals surface area contributed by atoms with Crippen LogP contribution in [0, 0.1) is 11.8 Å². The summed E-state index contributed by atoms with van der Waals surface area (Å²) in [6, 6.07) is 0. The van der Waals surface area contributed by atoms with Crippen LogP contribution in [0.5, 0.6) is 0 Å². The van der Waals surface area contributed by atoms with Gasteiger partial charge in [-0.2, -0.15) is 0 Å². The van der Waals surface area contributed by atoms with E-state index < -0.39 is 6.10 Å². The zero-order valence-corrected chi connectivity index (χ0v) is 36.8. The fourth-order valence-corrected chi connectivity index (χ4v) is 7.11. The first-order valence-electron chi connectivity index (χ1n) is 23.7. The van der Waals surface area contributed by atoms with Gasteiger partial charge in [-0.15, -0.1) is 0 Å². The number of carbonyl (C=O) groups excluding carboxylic acids is 3. The lowest BCUT2D eigenvalue weighted by atomic mass is 10.0. The topological polar surface area (TPSA) is 78.9 Å². The molecule has 1 atom stereocenters. The van der Waals surface area contributed by atoms with Gasteiger partial charge in [0.05, 0.1) is 0 Å². The van der Waals surface area contributed by atoms with E-state index in [0.717, 1.165) is 76.0 Å². The molecule has 0 heterocycles. The molecule has 0 spiro atoms. The molecular weight excluding hydrogens is 673 g/mol. The van der Waals surface area contributed by atoms with Crippen LogP contribution >= 0.6 is 0 Å². The van der Waals surface area contributed by atoms with Gasteiger partial charge in [-0.1, -0.05) is 221 Å². The highest BCUT2D eigenvalue weighted by Gasteiger charge is 2.19. The first-order valence-corrected chi connectivity index (χ1v) is 23.7. The predicted molar refractivity (Wildman–Crippen MR) is 229 cm³/mol. The van der Waals surface area contributed by atoms with Crippen molar-refractivity contribution in [2.24, 2.45) is 11.8 Å². The highest BCUT2D eigenvalue weighted by Crippen LogP contribution is 2.17. The highest BCUT2D eigenvalue weighted by molar-refractivity contribution is 5.71. The minimum absolute atomic E-state index is 0.0657. The second-order valence-electron chi connectivity index (χ2n) is 17.3. The van der Waals surface area contributed by atoms with Gasteiger partial charge in [0, 0.05) is 19.3 Å². The zero-order valence-electron chi connectivity index (χ0n) is 36.8. The fourth-order valence-electron chi connectivity index (χ4n) is 7.11. The third-order valence-electron chi connectivity index (χ3n) is 10.7. The quantitative estimate of drug-likeness (QED) is 0.0350. The molecule has 6 nitrogen and oxygen atoms in total. The lowest BCUT2D eigenvalue weighted by molar-refractivity contribution is -0.167. The molecule has 0 N–H and O–H groups in total. The normalized spacial score (nSPS) is 12.1. The van der Waals surface area contributed by atoms with Crippen LogP contribution in [0.25, 0.3) is 0 Å². The van der Waals surface area contributed by atoms with Crippen LogP contribution in [-0.2, 0) is 28.6 Å². The molecule has 320 valence electrons. The van der Waals surface area contributed by atoms with Crippen molar-refractivity contribution in [2.75, 3.05) is 13.2 Å². The molecule has 0 aromatic rings. The summed E-state index contributed by atoms with van der Waals surface area (Å²) in [4.78, 5) is 37.5. The zero-order chi connectivity index (χ0) is 39.7. The summed E-state index contributed by atoms with van der Waals surface area (Å²) in [6.45, 7) is 11.3. The largest absolute Gasteiger partial charge is 0.462 e. The number of ether oxygens (including phenoxy) is 3. The lowest BCUT2D eigenvalue weighted by Gasteiger charge is -2.18. The predicted octanol–water partition coefficient (Wildman–Crippen LogP) is 15.0. The molecule has 54 heavy (non-hydrogen) atoms. The van der Waals surface area contributed by atoms with Gasteiger partial charge in [0.15, 0.2) is 6.10 Å². The Morgan fingerprint density at radius 3 is 0.907 bits per heavy atom. The molecule has 0 saturated heterocycles. The van der Waals surface area contributed by atoms with Gasteiger partial charge in [-0.05, 0) is 31.1 Å². The number of carbonyl (C=O) groups is 3. The number of unbranched alkanes of at least 4 members (excludes halogenated alkanes) is 27. The number of rotatable bonds is 42. The van der Waals surface area contributed by atoms with Gasteiger partial charge in [-0.3, -0.25) is 14.4 Å². The molecule has 0 aromatic carbocycles. The van der Waals surface area contributed by atoms with E-state index in [0.29, 0.717) is 19.3 Å². The van der Waals surface area contributed by atoms with Crippen molar-refractivity contribution < 1.29 is 28.6 Å². The van der Waals surface area contributed by atoms with Gasteiger partial charge in [-0.25, -0.2) is 0 Å². The Balaban J connectivity index is 4.13. The molecule has 0 aromatic heterocycles. The average molecular weight is 765 g/mol. The molecule has 0 amide bonds. The number of hydrogen-bond donors (Lipinski definition) is 0. The van der Waals surface area contributed by atoms with Crippen molar-refractivity contribution in [2.45, 2.75) is 265 Å². The van der Waals surface area contributed by atoms with Gasteiger partial charge in [0.25, 0.3) is 0 Å². The molecule has 0 saturated carbocycles. The molecule has 0 aliphatic rings. The van der Waals surface area contributed by atoms with Crippen LogP contribution in [-0.4, -0.2) is 37.2 Å². The SMILES string of the molecule is CCCCCCCC(=O)OC[C@H](COC(=O)CCCCCCCCCCCC(C)C)OC(=O)CCCCCCCCCCCCCCCCCCC(C)C. The molecule has 0 bridgehead atoms. The van der Waals surface area contributed by atoms with Crippen molar-refractivity contribution in [1.82, 2.24) is 0 Å². The Labute approximate surface area is 336 Å². The Morgan fingerprint density at radius 2 is 0.611 bits per heavy atom. The molecule has 0 aliphatic heterocycles. The van der Waals surface area contributed by atoms with E-state index in [2.05, 4.69) is 34.6 Å². The summed E-state index contributed by atoms with van der Waals surface area (Å²) in [5.41, 5.74) is 0. The van der Waals surface area contributed by atoms with Crippen molar-refractivity contribution in [3.8, 4) is 0 Å². The van der Waals surface area contributed by atoms with Crippen molar-refractivity contribution in [3.63, 3.8) is 0 Å². The number of hydrogen-bond acceptors (Lipinski definition) is 6. The van der Waals surface area contributed by atoms with E-state index in [1.807, 2.05) is 0 Å². The summed E-state index contributed by atoms with van der Waals surface area (Å²) in [5, 5.41) is 0. The summed E-state index contributed by atoms with van der Waals surface area (Å²) in [5.74, 6) is 0.791. The molecule has 0 rings (SSSR count). The molecule has 0 radical (unpaired) electrons. The first kappa shape index (κ1) is 52.4. The van der Waals surface area contributed by atoms with Gasteiger partial charge >= 0.3 is 17.9 Å². The molecule has 6 heteroatoms. The maximum absolute atomic E-state index is 12.7. The Bertz CT molecular complexity index is 824. The van der Waals surface area contributed by atoms with Crippen LogP contribution < -0.4 is 0 Å². The fraction of sp³-hybridized carbons (Fsp3) is 0.938. The Hall–Kier alpha value is -1.59. The Morgan fingerprint density at radius 1 is 0.352 bits per heavy atom. The molecule has 0 unspecified atom stereocenters. The molecular formula is C48H92O6. The lowest BCUT2D eigenvalue weighted by Crippen LogP contribution is -2.30. The van der Waals surface area contributed by atoms with E-state index in [9.17, 15) is 14.4 Å². The summed E-state index contributed by atoms with van der Waals surface area (Å²) in [7, 11) is 0. The smallest absolute Gasteiger partial charge is 0.306 e. The summed E-state index contributed by atoms with van der Waals surface area (Å²) in [6.07, 6.45) is 39.8. The van der Waals surface area contributed by atoms with E-state index in [1.54, 1.807) is 0 Å². The second-order valence-corrected chi connectivity index (χ2v) is 17.3. The van der Waals surface area contributed by atoms with Crippen LogP contribution in [0.3, 0.4) is 0 Å². The standard InChI is InChI=1S/C48H92O6/c1-6-7-8-26-33-38-46(49)52-41-45(42-53-47(50)39-34-29-24-21-17-19-23-28-32-37-44(4)5)54-48(51)40-35-30-25-20-16-14-12-10-9-11-13-15-18-22-27-31-36-43(2)3/h43-45H,6-42H2,1-5H3/t45-/m1/s1. The van der Waals surface area contributed by atoms with E-state index in [1.165, 1.54) is 141 Å². The average Bonchev–Trinajstić information content (AvgIpc) is 3.14. The van der Waals surface area contributed by atoms with Gasteiger partial charge in [0.1, 0.15) is 13.2 Å². The van der Waals surface area contributed by atoms with Crippen LogP contribution in [0.2, 0.25) is 0 Å². The van der Waals surface area contributed by atoms with E-state index in [4.69, 9.17) is 14.2 Å². The second kappa shape index (κ2) is 41.1. The minimum atomic E-state index is -0.759. The minimum Gasteiger partial charge on any atom is -0.462 e. The molecule has 0 aliphatic carbocycles. The van der Waals surface area contributed by atoms with Crippen LogP contribution in [0.15, 0.2) is 0 Å². The number of esters is 3. The van der Waals surface area contributed by atoms with Crippen LogP contribution in [0.4, 0.5) is 0 Å². The van der Waals surface area contributed by atoms with Crippen LogP contribution in [0.1, 0.15) is 259 Å². The first-order chi connectivity index (χ1) is 26.2. The van der Waals surface area contributed by atoms with Gasteiger partial charge < -0.3 is 14.2 Å². The Kier molecular flexibility index (Phi) is 39.8. The van der Waals surface area contributed by atoms with E-state index >= 15 is 0 Å². The monoisotopic (exact) mass is 765 g/mol. The van der Waals surface area contributed by atoms with Crippen molar-refractivity contribution in [3.05, 3.63) is 0 Å². The van der Waals surface area contributed by atoms with Crippen molar-refractivity contribution >= 4 is 17.9 Å². The third-order valence-corrected chi connectivity index (χ3v) is 10.7.